The summed E-state index contributed by atoms with van der Waals surface area (Å²) in [6.45, 7) is 5.32. The Kier molecular flexibility index (Phi) is 5.85. The molecular formula is C26H25N5O. The van der Waals surface area contributed by atoms with E-state index in [9.17, 15) is 0 Å². The van der Waals surface area contributed by atoms with Gasteiger partial charge in [0.1, 0.15) is 5.75 Å². The van der Waals surface area contributed by atoms with Crippen LogP contribution in [-0.4, -0.2) is 38.0 Å². The Morgan fingerprint density at radius 1 is 0.969 bits per heavy atom. The lowest BCUT2D eigenvalue weighted by atomic mass is 10.1. The molecule has 1 aliphatic rings. The second kappa shape index (κ2) is 9.24. The van der Waals surface area contributed by atoms with Gasteiger partial charge in [0.05, 0.1) is 18.0 Å². The molecule has 1 aliphatic heterocycles. The van der Waals surface area contributed by atoms with E-state index in [0.29, 0.717) is 6.61 Å². The maximum atomic E-state index is 5.61. The molecule has 0 radical (unpaired) electrons. The van der Waals surface area contributed by atoms with E-state index in [1.165, 1.54) is 11.1 Å². The molecule has 4 aromatic rings. The summed E-state index contributed by atoms with van der Waals surface area (Å²) in [5.74, 6) is 1.62. The largest absolute Gasteiger partial charge is 0.494 e. The van der Waals surface area contributed by atoms with Crippen LogP contribution in [-0.2, 0) is 19.5 Å². The number of rotatable bonds is 6. The fraction of sp³-hybridized carbons (Fsp3) is 0.231. The number of ether oxygens (including phenoxy) is 1. The smallest absolute Gasteiger partial charge is 0.160 e. The van der Waals surface area contributed by atoms with Gasteiger partial charge in [0.25, 0.3) is 0 Å². The summed E-state index contributed by atoms with van der Waals surface area (Å²) in [4.78, 5) is 20.6. The number of nitrogens with zero attached hydrogens (tertiary/aromatic N) is 5. The molecule has 0 spiro atoms. The number of benzene rings is 1. The van der Waals surface area contributed by atoms with Crippen molar-refractivity contribution in [3.63, 3.8) is 0 Å². The van der Waals surface area contributed by atoms with Gasteiger partial charge >= 0.3 is 0 Å². The second-order valence-corrected chi connectivity index (χ2v) is 7.88. The zero-order chi connectivity index (χ0) is 21.8. The molecule has 3 aromatic heterocycles. The van der Waals surface area contributed by atoms with E-state index < -0.39 is 0 Å². The summed E-state index contributed by atoms with van der Waals surface area (Å²) in [5.41, 5.74) is 6.51. The minimum atomic E-state index is 0.657. The molecule has 0 bridgehead atoms. The summed E-state index contributed by atoms with van der Waals surface area (Å²) < 4.78 is 5.61. The average Bonchev–Trinajstić information content (AvgIpc) is 2.85. The van der Waals surface area contributed by atoms with E-state index in [-0.39, 0.29) is 0 Å². The molecule has 0 atom stereocenters. The Morgan fingerprint density at radius 3 is 2.72 bits per heavy atom. The number of fused-ring (bicyclic) bond motifs is 1. The van der Waals surface area contributed by atoms with Crippen LogP contribution in [0.3, 0.4) is 0 Å². The van der Waals surface area contributed by atoms with E-state index in [1.54, 1.807) is 12.4 Å². The first kappa shape index (κ1) is 20.3. The van der Waals surface area contributed by atoms with Crippen molar-refractivity contribution in [2.45, 2.75) is 26.4 Å². The molecular weight excluding hydrogens is 398 g/mol. The maximum Gasteiger partial charge on any atom is 0.160 e. The Morgan fingerprint density at radius 2 is 1.91 bits per heavy atom. The van der Waals surface area contributed by atoms with Crippen molar-refractivity contribution in [2.24, 2.45) is 0 Å². The van der Waals surface area contributed by atoms with Gasteiger partial charge in [-0.25, -0.2) is 9.97 Å². The number of aromatic nitrogens is 4. The van der Waals surface area contributed by atoms with Crippen molar-refractivity contribution in [1.29, 1.82) is 0 Å². The first-order valence-electron chi connectivity index (χ1n) is 10.9. The number of pyridine rings is 2. The lowest BCUT2D eigenvalue weighted by molar-refractivity contribution is 0.242. The van der Waals surface area contributed by atoms with Gasteiger partial charge in [0.15, 0.2) is 5.82 Å². The van der Waals surface area contributed by atoms with Crippen LogP contribution >= 0.6 is 0 Å². The Labute approximate surface area is 188 Å². The highest BCUT2D eigenvalue weighted by Crippen LogP contribution is 2.24. The zero-order valence-corrected chi connectivity index (χ0v) is 18.1. The second-order valence-electron chi connectivity index (χ2n) is 7.88. The summed E-state index contributed by atoms with van der Waals surface area (Å²) in [6.07, 6.45) is 8.42. The molecule has 6 nitrogen and oxygen atoms in total. The molecule has 0 N–H and O–H groups in total. The molecule has 0 unspecified atom stereocenters. The van der Waals surface area contributed by atoms with Crippen LogP contribution < -0.4 is 4.74 Å². The van der Waals surface area contributed by atoms with Gasteiger partial charge in [0, 0.05) is 67.5 Å². The minimum Gasteiger partial charge on any atom is -0.494 e. The Bertz CT molecular complexity index is 1190. The highest BCUT2D eigenvalue weighted by molar-refractivity contribution is 5.61. The van der Waals surface area contributed by atoms with Crippen molar-refractivity contribution < 1.29 is 4.74 Å². The fourth-order valence-electron chi connectivity index (χ4n) is 4.00. The molecule has 0 aliphatic carbocycles. The highest BCUT2D eigenvalue weighted by atomic mass is 16.5. The van der Waals surface area contributed by atoms with Crippen molar-refractivity contribution in [3.8, 4) is 28.4 Å². The highest BCUT2D eigenvalue weighted by Gasteiger charge is 2.19. The number of hydrogen-bond acceptors (Lipinski definition) is 6. The van der Waals surface area contributed by atoms with Gasteiger partial charge in [-0.15, -0.1) is 0 Å². The molecule has 0 saturated carbocycles. The fourth-order valence-corrected chi connectivity index (χ4v) is 4.00. The van der Waals surface area contributed by atoms with E-state index in [1.807, 2.05) is 49.6 Å². The molecule has 6 heteroatoms. The molecule has 32 heavy (non-hydrogen) atoms. The molecule has 0 fully saturated rings. The summed E-state index contributed by atoms with van der Waals surface area (Å²) in [6, 6.07) is 16.2. The van der Waals surface area contributed by atoms with Crippen molar-refractivity contribution in [1.82, 2.24) is 24.8 Å². The lowest BCUT2D eigenvalue weighted by Crippen LogP contribution is -2.31. The minimum absolute atomic E-state index is 0.657. The Balaban J connectivity index is 1.25. The number of hydrogen-bond donors (Lipinski definition) is 0. The zero-order valence-electron chi connectivity index (χ0n) is 18.1. The molecule has 0 amide bonds. The first-order valence-corrected chi connectivity index (χ1v) is 10.9. The van der Waals surface area contributed by atoms with E-state index >= 15 is 0 Å². The standard InChI is InChI=1S/C26H25N5O/c1-2-32-23-7-3-5-20(13-23)24-9-8-19(14-28-24)17-31-12-10-25-22(18-31)16-29-26(30-25)21-6-4-11-27-15-21/h3-9,11,13-16H,2,10,12,17-18H2,1H3. The van der Waals surface area contributed by atoms with Crippen LogP contribution in [0.4, 0.5) is 0 Å². The SMILES string of the molecule is CCOc1cccc(-c2ccc(CN3CCc4nc(-c5cccnc5)ncc4C3)cn2)c1. The topological polar surface area (TPSA) is 64.0 Å². The van der Waals surface area contributed by atoms with E-state index in [0.717, 1.165) is 60.1 Å². The Hall–Kier alpha value is -3.64. The average molecular weight is 424 g/mol. The van der Waals surface area contributed by atoms with Crippen LogP contribution in [0.15, 0.2) is 73.3 Å². The first-order chi connectivity index (χ1) is 15.8. The van der Waals surface area contributed by atoms with Gasteiger partial charge in [-0.3, -0.25) is 14.9 Å². The van der Waals surface area contributed by atoms with Crippen molar-refractivity contribution in [3.05, 3.63) is 90.1 Å². The molecule has 1 aromatic carbocycles. The third-order valence-electron chi connectivity index (χ3n) is 5.60. The van der Waals surface area contributed by atoms with Crippen LogP contribution in [0.1, 0.15) is 23.7 Å². The summed E-state index contributed by atoms with van der Waals surface area (Å²) in [7, 11) is 0. The molecule has 4 heterocycles. The third-order valence-corrected chi connectivity index (χ3v) is 5.60. The molecule has 5 rings (SSSR count). The summed E-state index contributed by atoms with van der Waals surface area (Å²) in [5, 5.41) is 0. The van der Waals surface area contributed by atoms with E-state index in [2.05, 4.69) is 33.1 Å². The van der Waals surface area contributed by atoms with E-state index in [4.69, 9.17) is 14.7 Å². The molecule has 0 saturated heterocycles. The van der Waals surface area contributed by atoms with Gasteiger partial charge in [-0.2, -0.15) is 0 Å². The summed E-state index contributed by atoms with van der Waals surface area (Å²) >= 11 is 0. The monoisotopic (exact) mass is 423 g/mol. The third kappa shape index (κ3) is 4.50. The maximum absolute atomic E-state index is 5.61. The molecule has 160 valence electrons. The lowest BCUT2D eigenvalue weighted by Gasteiger charge is -2.28. The van der Waals surface area contributed by atoms with Crippen LogP contribution in [0.2, 0.25) is 0 Å². The quantitative estimate of drug-likeness (QED) is 0.453. The van der Waals surface area contributed by atoms with Gasteiger partial charge < -0.3 is 4.74 Å². The van der Waals surface area contributed by atoms with Gasteiger partial charge in [0.2, 0.25) is 0 Å². The predicted molar refractivity (Wildman–Crippen MR) is 124 cm³/mol. The van der Waals surface area contributed by atoms with Gasteiger partial charge in [-0.1, -0.05) is 18.2 Å². The van der Waals surface area contributed by atoms with Crippen LogP contribution in [0.5, 0.6) is 5.75 Å². The van der Waals surface area contributed by atoms with Crippen molar-refractivity contribution in [2.75, 3.05) is 13.2 Å². The van der Waals surface area contributed by atoms with Crippen LogP contribution in [0, 0.1) is 0 Å². The predicted octanol–water partition coefficient (Wildman–Crippen LogP) is 4.56. The normalized spacial score (nSPS) is 13.5. The van der Waals surface area contributed by atoms with Gasteiger partial charge in [-0.05, 0) is 42.8 Å². The van der Waals surface area contributed by atoms with Crippen LogP contribution in [0.25, 0.3) is 22.6 Å². The van der Waals surface area contributed by atoms with Crippen molar-refractivity contribution >= 4 is 0 Å².